The Kier molecular flexibility index (Phi) is 3.84. The lowest BCUT2D eigenvalue weighted by molar-refractivity contribution is 0.0726. The summed E-state index contributed by atoms with van der Waals surface area (Å²) in [5, 5.41) is 3.81. The molecule has 2 nitrogen and oxygen atoms in total. The molecule has 0 amide bonds. The lowest BCUT2D eigenvalue weighted by atomic mass is 9.88. The van der Waals surface area contributed by atoms with E-state index >= 15 is 0 Å². The summed E-state index contributed by atoms with van der Waals surface area (Å²) in [6, 6.07) is 0. The molecule has 17 heavy (non-hydrogen) atoms. The zero-order chi connectivity index (χ0) is 12.5. The van der Waals surface area contributed by atoms with Gasteiger partial charge in [-0.2, -0.15) is 0 Å². The van der Waals surface area contributed by atoms with Gasteiger partial charge < -0.3 is 5.32 Å². The highest BCUT2D eigenvalue weighted by Crippen LogP contribution is 2.43. The van der Waals surface area contributed by atoms with Crippen LogP contribution in [0, 0.1) is 5.92 Å². The average molecular weight is 238 g/mol. The Bertz CT molecular complexity index is 252. The summed E-state index contributed by atoms with van der Waals surface area (Å²) in [5.41, 5.74) is 0.782. The van der Waals surface area contributed by atoms with Crippen molar-refractivity contribution in [1.82, 2.24) is 10.2 Å². The summed E-state index contributed by atoms with van der Waals surface area (Å²) >= 11 is 0. The number of nitrogens with zero attached hydrogens (tertiary/aromatic N) is 1. The van der Waals surface area contributed by atoms with Crippen LogP contribution in [0.1, 0.15) is 59.8 Å². The van der Waals surface area contributed by atoms with E-state index in [1.807, 2.05) is 0 Å². The van der Waals surface area contributed by atoms with Crippen LogP contribution in [0.3, 0.4) is 0 Å². The van der Waals surface area contributed by atoms with Gasteiger partial charge in [-0.3, -0.25) is 4.90 Å². The molecule has 1 saturated heterocycles. The van der Waals surface area contributed by atoms with E-state index in [4.69, 9.17) is 0 Å². The lowest BCUT2D eigenvalue weighted by Crippen LogP contribution is -2.56. The molecule has 0 radical (unpaired) electrons. The predicted molar refractivity (Wildman–Crippen MR) is 74.3 cm³/mol. The molecule has 2 rings (SSSR count). The van der Waals surface area contributed by atoms with E-state index in [2.05, 4.69) is 37.9 Å². The van der Waals surface area contributed by atoms with Gasteiger partial charge in [0.05, 0.1) is 0 Å². The van der Waals surface area contributed by atoms with Gasteiger partial charge >= 0.3 is 0 Å². The van der Waals surface area contributed by atoms with Gasteiger partial charge in [-0.25, -0.2) is 0 Å². The topological polar surface area (TPSA) is 15.3 Å². The van der Waals surface area contributed by atoms with Gasteiger partial charge in [0.25, 0.3) is 0 Å². The van der Waals surface area contributed by atoms with Gasteiger partial charge in [-0.05, 0) is 65.0 Å². The van der Waals surface area contributed by atoms with Gasteiger partial charge in [0, 0.05) is 17.6 Å². The lowest BCUT2D eigenvalue weighted by Gasteiger charge is -2.43. The minimum absolute atomic E-state index is 0.364. The third kappa shape index (κ3) is 2.68. The first-order valence-corrected chi connectivity index (χ1v) is 7.54. The van der Waals surface area contributed by atoms with Gasteiger partial charge in [0.15, 0.2) is 0 Å². The number of hydrogen-bond acceptors (Lipinski definition) is 2. The van der Waals surface area contributed by atoms with E-state index < -0.39 is 0 Å². The maximum atomic E-state index is 3.81. The second-order valence-electron chi connectivity index (χ2n) is 6.62. The first kappa shape index (κ1) is 13.4. The standard InChI is InChI=1S/C15H30N2/c1-5-15(6-2)12-17(11-7-10-16-15)14(3,4)13-8-9-13/h13,16H,5-12H2,1-4H3. The molecule has 1 saturated carbocycles. The fourth-order valence-electron chi connectivity index (χ4n) is 3.39. The Hall–Kier alpha value is -0.0800. The Balaban J connectivity index is 2.11. The van der Waals surface area contributed by atoms with E-state index in [1.165, 1.54) is 51.7 Å². The van der Waals surface area contributed by atoms with Crippen LogP contribution in [-0.4, -0.2) is 35.6 Å². The average Bonchev–Trinajstić information content (AvgIpc) is 3.15. The van der Waals surface area contributed by atoms with Crippen LogP contribution in [0.2, 0.25) is 0 Å². The first-order chi connectivity index (χ1) is 8.04. The summed E-state index contributed by atoms with van der Waals surface area (Å²) < 4.78 is 0. The molecule has 1 N–H and O–H groups in total. The van der Waals surface area contributed by atoms with Crippen molar-refractivity contribution in [2.45, 2.75) is 70.9 Å². The maximum absolute atomic E-state index is 3.81. The molecule has 100 valence electrons. The predicted octanol–water partition coefficient (Wildman–Crippen LogP) is 3.03. The van der Waals surface area contributed by atoms with Crippen molar-refractivity contribution in [3.8, 4) is 0 Å². The number of rotatable bonds is 4. The van der Waals surface area contributed by atoms with Crippen LogP contribution in [0.25, 0.3) is 0 Å². The van der Waals surface area contributed by atoms with Crippen LogP contribution >= 0.6 is 0 Å². The van der Waals surface area contributed by atoms with E-state index in [9.17, 15) is 0 Å². The summed E-state index contributed by atoms with van der Waals surface area (Å²) in [6.45, 7) is 13.3. The summed E-state index contributed by atoms with van der Waals surface area (Å²) in [6.07, 6.45) is 6.70. The van der Waals surface area contributed by atoms with Gasteiger partial charge in [-0.1, -0.05) is 13.8 Å². The second-order valence-corrected chi connectivity index (χ2v) is 6.62. The van der Waals surface area contributed by atoms with Crippen molar-refractivity contribution >= 4 is 0 Å². The molecule has 0 bridgehead atoms. The Morgan fingerprint density at radius 1 is 1.24 bits per heavy atom. The van der Waals surface area contributed by atoms with E-state index in [0.29, 0.717) is 11.1 Å². The largest absolute Gasteiger partial charge is 0.310 e. The smallest absolute Gasteiger partial charge is 0.0303 e. The SMILES string of the molecule is CCC1(CC)CN(C(C)(C)C2CC2)CCCN1. The second kappa shape index (κ2) is 4.89. The summed E-state index contributed by atoms with van der Waals surface area (Å²) in [5.74, 6) is 0.951. The highest BCUT2D eigenvalue weighted by Gasteiger charge is 2.44. The first-order valence-electron chi connectivity index (χ1n) is 7.54. The molecule has 0 aromatic heterocycles. The van der Waals surface area contributed by atoms with E-state index in [-0.39, 0.29) is 0 Å². The highest BCUT2D eigenvalue weighted by atomic mass is 15.2. The van der Waals surface area contributed by atoms with Crippen LogP contribution in [-0.2, 0) is 0 Å². The molecule has 1 aliphatic heterocycles. The Labute approximate surface area is 107 Å². The zero-order valence-corrected chi connectivity index (χ0v) is 12.2. The van der Waals surface area contributed by atoms with Crippen LogP contribution in [0.5, 0.6) is 0 Å². The molecule has 1 aliphatic carbocycles. The fourth-order valence-corrected chi connectivity index (χ4v) is 3.39. The molecule has 0 spiro atoms. The van der Waals surface area contributed by atoms with Gasteiger partial charge in [-0.15, -0.1) is 0 Å². The van der Waals surface area contributed by atoms with Crippen LogP contribution < -0.4 is 5.32 Å². The summed E-state index contributed by atoms with van der Waals surface area (Å²) in [4.78, 5) is 2.78. The van der Waals surface area contributed by atoms with E-state index in [1.54, 1.807) is 0 Å². The molecule has 2 heteroatoms. The van der Waals surface area contributed by atoms with Gasteiger partial charge in [0.1, 0.15) is 0 Å². The van der Waals surface area contributed by atoms with Crippen LogP contribution in [0.4, 0.5) is 0 Å². The number of nitrogens with one attached hydrogen (secondary N) is 1. The summed E-state index contributed by atoms with van der Waals surface area (Å²) in [7, 11) is 0. The minimum atomic E-state index is 0.364. The Morgan fingerprint density at radius 3 is 2.41 bits per heavy atom. The minimum Gasteiger partial charge on any atom is -0.310 e. The fraction of sp³-hybridized carbons (Fsp3) is 1.00. The molecule has 0 atom stereocenters. The van der Waals surface area contributed by atoms with Crippen molar-refractivity contribution in [2.24, 2.45) is 5.92 Å². The molecule has 0 unspecified atom stereocenters. The van der Waals surface area contributed by atoms with Crippen molar-refractivity contribution in [3.05, 3.63) is 0 Å². The quantitative estimate of drug-likeness (QED) is 0.810. The van der Waals surface area contributed by atoms with E-state index in [0.717, 1.165) is 5.92 Å². The monoisotopic (exact) mass is 238 g/mol. The molecular formula is C15H30N2. The zero-order valence-electron chi connectivity index (χ0n) is 12.2. The number of hydrogen-bond donors (Lipinski definition) is 1. The highest BCUT2D eigenvalue weighted by molar-refractivity contribution is 5.01. The maximum Gasteiger partial charge on any atom is 0.0303 e. The molecule has 2 fully saturated rings. The third-order valence-corrected chi connectivity index (χ3v) is 5.34. The molecule has 2 aliphatic rings. The molecular weight excluding hydrogens is 208 g/mol. The Morgan fingerprint density at radius 2 is 1.88 bits per heavy atom. The van der Waals surface area contributed by atoms with Crippen molar-refractivity contribution in [1.29, 1.82) is 0 Å². The molecule has 0 aromatic rings. The molecule has 0 aromatic carbocycles. The van der Waals surface area contributed by atoms with Crippen LogP contribution in [0.15, 0.2) is 0 Å². The van der Waals surface area contributed by atoms with Crippen molar-refractivity contribution in [3.63, 3.8) is 0 Å². The normalized spacial score (nSPS) is 26.8. The van der Waals surface area contributed by atoms with Crippen molar-refractivity contribution in [2.75, 3.05) is 19.6 Å². The third-order valence-electron chi connectivity index (χ3n) is 5.34. The molecule has 1 heterocycles. The van der Waals surface area contributed by atoms with Gasteiger partial charge in [0.2, 0.25) is 0 Å². The van der Waals surface area contributed by atoms with Crippen molar-refractivity contribution < 1.29 is 0 Å².